The van der Waals surface area contributed by atoms with Crippen molar-refractivity contribution >= 4 is 36.4 Å². The lowest BCUT2D eigenvalue weighted by Crippen LogP contribution is -2.38. The molecule has 1 N–H and O–H groups in total. The van der Waals surface area contributed by atoms with Crippen LogP contribution in [0.15, 0.2) is 35.0 Å². The van der Waals surface area contributed by atoms with Gasteiger partial charge in [0.05, 0.1) is 16.9 Å². The van der Waals surface area contributed by atoms with Crippen LogP contribution in [-0.4, -0.2) is 73.5 Å². The van der Waals surface area contributed by atoms with Gasteiger partial charge in [0, 0.05) is 37.4 Å². The molecule has 9 heteroatoms. The molecule has 5 heterocycles. The molecule has 6 rings (SSSR count). The average molecular weight is 524 g/mol. The monoisotopic (exact) mass is 523 g/mol. The van der Waals surface area contributed by atoms with Crippen molar-refractivity contribution in [1.82, 2.24) is 19.4 Å². The molecule has 196 valence electrons. The molecular formula is C28H35FN5O2P. The van der Waals surface area contributed by atoms with E-state index < -0.39 is 11.4 Å². The molecule has 0 spiro atoms. The number of imidazole rings is 1. The highest BCUT2D eigenvalue weighted by Crippen LogP contribution is 2.55. The summed E-state index contributed by atoms with van der Waals surface area (Å²) in [5.74, 6) is 1.06. The number of aryl methyl sites for hydroxylation is 1. The number of halogens is 1. The van der Waals surface area contributed by atoms with E-state index in [1.807, 2.05) is 22.6 Å². The van der Waals surface area contributed by atoms with Crippen molar-refractivity contribution in [3.05, 3.63) is 47.2 Å². The van der Waals surface area contributed by atoms with E-state index in [-0.39, 0.29) is 19.2 Å². The first-order valence-electron chi connectivity index (χ1n) is 13.3. The highest BCUT2D eigenvalue weighted by molar-refractivity contribution is 7.65. The van der Waals surface area contributed by atoms with E-state index in [1.54, 1.807) is 19.9 Å². The molecule has 0 saturated carbocycles. The molecule has 1 unspecified atom stereocenters. The lowest BCUT2D eigenvalue weighted by Gasteiger charge is -2.34. The summed E-state index contributed by atoms with van der Waals surface area (Å²) < 4.78 is 17.3. The van der Waals surface area contributed by atoms with Crippen LogP contribution < -0.4 is 0 Å². The number of hydrogen-bond acceptors (Lipinski definition) is 5. The second kappa shape index (κ2) is 8.74. The number of benzene rings is 1. The van der Waals surface area contributed by atoms with Crippen molar-refractivity contribution in [2.45, 2.75) is 52.1 Å². The smallest absolute Gasteiger partial charge is 0.254 e. The van der Waals surface area contributed by atoms with Gasteiger partial charge < -0.3 is 19.5 Å². The Morgan fingerprint density at radius 2 is 1.95 bits per heavy atom. The largest absolute Gasteiger partial charge is 0.384 e. The summed E-state index contributed by atoms with van der Waals surface area (Å²) in [4.78, 5) is 27.1. The van der Waals surface area contributed by atoms with Crippen molar-refractivity contribution in [2.24, 2.45) is 17.5 Å². The van der Waals surface area contributed by atoms with Gasteiger partial charge in [0.2, 0.25) is 0 Å². The van der Waals surface area contributed by atoms with Gasteiger partial charge in [0.1, 0.15) is 22.8 Å². The molecule has 2 saturated heterocycles. The zero-order valence-corrected chi connectivity index (χ0v) is 23.0. The molecule has 0 aliphatic carbocycles. The normalized spacial score (nSPS) is 24.2. The zero-order chi connectivity index (χ0) is 26.1. The highest BCUT2D eigenvalue weighted by atomic mass is 31.1. The second-order valence-electron chi connectivity index (χ2n) is 11.6. The van der Waals surface area contributed by atoms with Gasteiger partial charge >= 0.3 is 0 Å². The maximum atomic E-state index is 15.5. The molecular weight excluding hydrogens is 488 g/mol. The lowest BCUT2D eigenvalue weighted by atomic mass is 9.83. The van der Waals surface area contributed by atoms with Gasteiger partial charge in [-0.25, -0.2) is 14.4 Å². The fraction of sp³-hybridized carbons (Fsp3) is 0.536. The Morgan fingerprint density at radius 3 is 2.62 bits per heavy atom. The molecule has 2 fully saturated rings. The van der Waals surface area contributed by atoms with Gasteiger partial charge in [-0.3, -0.25) is 4.79 Å². The number of aliphatic hydroxyl groups is 1. The van der Waals surface area contributed by atoms with Gasteiger partial charge in [-0.1, -0.05) is 14.0 Å². The first kappa shape index (κ1) is 24.7. The number of aromatic nitrogens is 2. The van der Waals surface area contributed by atoms with E-state index >= 15 is 4.39 Å². The van der Waals surface area contributed by atoms with E-state index in [2.05, 4.69) is 17.9 Å². The van der Waals surface area contributed by atoms with Gasteiger partial charge in [-0.2, -0.15) is 0 Å². The van der Waals surface area contributed by atoms with Crippen LogP contribution in [0.2, 0.25) is 0 Å². The van der Waals surface area contributed by atoms with Crippen molar-refractivity contribution < 1.29 is 14.3 Å². The van der Waals surface area contributed by atoms with E-state index in [4.69, 9.17) is 9.98 Å². The molecule has 4 aliphatic heterocycles. The predicted octanol–water partition coefficient (Wildman–Crippen LogP) is 4.91. The summed E-state index contributed by atoms with van der Waals surface area (Å²) in [6.07, 6.45) is 11.5. The van der Waals surface area contributed by atoms with Crippen molar-refractivity contribution in [2.75, 3.05) is 31.7 Å². The van der Waals surface area contributed by atoms with E-state index in [0.717, 1.165) is 56.6 Å². The highest BCUT2D eigenvalue weighted by Gasteiger charge is 2.46. The maximum Gasteiger partial charge on any atom is 0.254 e. The lowest BCUT2D eigenvalue weighted by molar-refractivity contribution is 0.0724. The first-order chi connectivity index (χ1) is 17.5. The van der Waals surface area contributed by atoms with Crippen molar-refractivity contribution in [3.8, 4) is 0 Å². The van der Waals surface area contributed by atoms with Crippen LogP contribution in [0.4, 0.5) is 4.39 Å². The van der Waals surface area contributed by atoms with Crippen LogP contribution in [0.5, 0.6) is 0 Å². The number of rotatable bonds is 5. The standard InChI is InChI=1S/C28H35FN5O2P/c1-27(2,36)22-8-9-28(3)16-21(34(26(28)31-22)17-37-12-13-37)24-30-20-15-18(14-19(29)23(20)32(24)4)25(35)33-10-6-5-7-11-33/h8,14-16,36H,5-7,9-13,17H2,1-4H3. The molecule has 0 radical (unpaired) electrons. The van der Waals surface area contributed by atoms with Gasteiger partial charge in [-0.15, -0.1) is 0 Å². The molecule has 2 aromatic rings. The summed E-state index contributed by atoms with van der Waals surface area (Å²) in [5, 5.41) is 10.6. The number of fused-ring (bicyclic) bond motifs is 2. The maximum absolute atomic E-state index is 15.5. The van der Waals surface area contributed by atoms with Crippen molar-refractivity contribution in [1.29, 1.82) is 0 Å². The topological polar surface area (TPSA) is 74.0 Å². The third-order valence-corrected chi connectivity index (χ3v) is 9.77. The van der Waals surface area contributed by atoms with Gasteiger partial charge in [0.15, 0.2) is 5.82 Å². The molecule has 0 bridgehead atoms. The minimum Gasteiger partial charge on any atom is -0.384 e. The molecule has 4 aliphatic rings. The summed E-state index contributed by atoms with van der Waals surface area (Å²) in [6.45, 7) is 7.14. The van der Waals surface area contributed by atoms with Crippen molar-refractivity contribution in [3.63, 3.8) is 0 Å². The Balaban J connectivity index is 1.42. The number of hydrogen-bond donors (Lipinski definition) is 1. The minimum absolute atomic E-state index is 0.0755. The third-order valence-electron chi connectivity index (χ3n) is 8.01. The number of piperidine rings is 1. The molecule has 37 heavy (non-hydrogen) atoms. The number of allylic oxidation sites excluding steroid dienone is 1. The summed E-state index contributed by atoms with van der Waals surface area (Å²) >= 11 is 0. The fourth-order valence-corrected chi connectivity index (χ4v) is 7.26. The quantitative estimate of drug-likeness (QED) is 0.566. The Bertz CT molecular complexity index is 1380. The Labute approximate surface area is 218 Å². The van der Waals surface area contributed by atoms with Crippen LogP contribution in [0, 0.1) is 11.2 Å². The van der Waals surface area contributed by atoms with E-state index in [1.165, 1.54) is 18.4 Å². The number of nitrogens with zero attached hydrogens (tertiary/aromatic N) is 5. The number of aliphatic imine (C=N–C) groups is 1. The SMILES string of the molecule is Cn1c(C2=CC3(C)CC=C(C(C)(C)O)N=C3N2CP2CC2)nc2cc(C(=O)N3CCCCC3)cc(F)c21. The van der Waals surface area contributed by atoms with E-state index in [9.17, 15) is 9.90 Å². The molecule has 1 atom stereocenters. The molecule has 1 aromatic heterocycles. The third kappa shape index (κ3) is 4.32. The Kier molecular flexibility index (Phi) is 5.85. The number of amidine groups is 1. The minimum atomic E-state index is -1.02. The van der Waals surface area contributed by atoms with Crippen LogP contribution in [0.3, 0.4) is 0 Å². The number of carbonyl (C=O) groups excluding carboxylic acids is 1. The van der Waals surface area contributed by atoms with E-state index in [0.29, 0.717) is 28.1 Å². The van der Waals surface area contributed by atoms with Gasteiger partial charge in [0.25, 0.3) is 5.91 Å². The number of amides is 1. The van der Waals surface area contributed by atoms with Crippen LogP contribution in [0.25, 0.3) is 16.7 Å². The van der Waals surface area contributed by atoms with Gasteiger partial charge in [-0.05, 0) is 77.0 Å². The summed E-state index contributed by atoms with van der Waals surface area (Å²) in [7, 11) is 1.77. The Morgan fingerprint density at radius 1 is 1.22 bits per heavy atom. The fourth-order valence-electron chi connectivity index (χ4n) is 5.73. The van der Waals surface area contributed by atoms with Crippen LogP contribution in [-0.2, 0) is 7.05 Å². The molecule has 1 aromatic carbocycles. The first-order valence-corrected chi connectivity index (χ1v) is 15.2. The number of likely N-dealkylation sites (tertiary alicyclic amines) is 1. The van der Waals surface area contributed by atoms with Crippen LogP contribution in [0.1, 0.15) is 62.6 Å². The summed E-state index contributed by atoms with van der Waals surface area (Å²) in [5.41, 5.74) is 1.53. The zero-order valence-electron chi connectivity index (χ0n) is 22.1. The molecule has 7 nitrogen and oxygen atoms in total. The average Bonchev–Trinajstić information content (AvgIpc) is 3.55. The Hall–Kier alpha value is -2.57. The predicted molar refractivity (Wildman–Crippen MR) is 146 cm³/mol. The second-order valence-corrected chi connectivity index (χ2v) is 14.1. The molecule has 1 amide bonds. The van der Waals surface area contributed by atoms with Crippen LogP contribution >= 0.6 is 7.92 Å². The number of carbonyl (C=O) groups is 1. The summed E-state index contributed by atoms with van der Waals surface area (Å²) in [6, 6.07) is 3.10.